The maximum atomic E-state index is 12.6. The van der Waals surface area contributed by atoms with Gasteiger partial charge in [-0.2, -0.15) is 0 Å². The van der Waals surface area contributed by atoms with Crippen molar-refractivity contribution in [3.05, 3.63) is 12.2 Å². The van der Waals surface area contributed by atoms with Crippen LogP contribution in [-0.2, 0) is 13.7 Å². The molecule has 1 aliphatic rings. The lowest BCUT2D eigenvalue weighted by molar-refractivity contribution is -0.138. The molecule has 0 saturated carbocycles. The molecule has 1 atom stereocenters. The second kappa shape index (κ2) is 7.44. The lowest BCUT2D eigenvalue weighted by Gasteiger charge is -2.32. The third kappa shape index (κ3) is 6.35. The lowest BCUT2D eigenvalue weighted by Crippen LogP contribution is -2.45. The summed E-state index contributed by atoms with van der Waals surface area (Å²) in [6, 6.07) is 0.804. The van der Waals surface area contributed by atoms with Gasteiger partial charge in [0.2, 0.25) is 11.8 Å². The summed E-state index contributed by atoms with van der Waals surface area (Å²) in [4.78, 5) is 26.2. The number of amides is 2. The first kappa shape index (κ1) is 20.3. The molecule has 2 amide bonds. The Labute approximate surface area is 143 Å². The van der Waals surface area contributed by atoms with Gasteiger partial charge in [-0.05, 0) is 51.1 Å². The van der Waals surface area contributed by atoms with Gasteiger partial charge in [-0.25, -0.2) is 0 Å². The number of carbonyl (C=O) groups excluding carboxylic acids is 2. The zero-order valence-corrected chi connectivity index (χ0v) is 17.9. The Bertz CT molecular complexity index is 481. The standard InChI is InChI=1S/C17H33NO3Si2/c1-13(2)11-14(3)15-12-16(19)18(17(15)20)9-10-23(7,8)21-22(4,5)6/h13,15H,3,9-12H2,1-2,4-8H3. The largest absolute Gasteiger partial charge is 0.456 e. The molecule has 6 heteroatoms. The highest BCUT2D eigenvalue weighted by Gasteiger charge is 2.41. The Morgan fingerprint density at radius 3 is 2.30 bits per heavy atom. The van der Waals surface area contributed by atoms with Crippen molar-refractivity contribution in [2.24, 2.45) is 11.8 Å². The van der Waals surface area contributed by atoms with Crippen LogP contribution in [0.25, 0.3) is 0 Å². The van der Waals surface area contributed by atoms with Crippen LogP contribution in [0, 0.1) is 11.8 Å². The molecule has 0 radical (unpaired) electrons. The molecule has 0 aromatic heterocycles. The number of likely N-dealkylation sites (tertiary alicyclic amines) is 1. The number of imide groups is 1. The molecule has 1 fully saturated rings. The molecule has 1 rings (SSSR count). The highest BCUT2D eigenvalue weighted by atomic mass is 28.4. The molecule has 0 aromatic carbocycles. The highest BCUT2D eigenvalue weighted by molar-refractivity contribution is 6.84. The minimum Gasteiger partial charge on any atom is -0.456 e. The van der Waals surface area contributed by atoms with Gasteiger partial charge < -0.3 is 4.12 Å². The predicted molar refractivity (Wildman–Crippen MR) is 100 cm³/mol. The Morgan fingerprint density at radius 2 is 1.83 bits per heavy atom. The average Bonchev–Trinajstić information content (AvgIpc) is 2.58. The van der Waals surface area contributed by atoms with Crippen molar-refractivity contribution in [1.29, 1.82) is 0 Å². The minimum atomic E-state index is -1.85. The SMILES string of the molecule is C=C(CC(C)C)C1CC(=O)N(CC[Si](C)(C)O[Si](C)(C)C)C1=O. The van der Waals surface area contributed by atoms with Crippen LogP contribution in [-0.4, -0.2) is 39.9 Å². The van der Waals surface area contributed by atoms with E-state index in [4.69, 9.17) is 4.12 Å². The third-order valence-corrected chi connectivity index (χ3v) is 10.0. The smallest absolute Gasteiger partial charge is 0.236 e. The zero-order chi connectivity index (χ0) is 18.0. The summed E-state index contributed by atoms with van der Waals surface area (Å²) in [5.41, 5.74) is 0.899. The van der Waals surface area contributed by atoms with Crippen molar-refractivity contribution in [2.45, 2.75) is 65.5 Å². The van der Waals surface area contributed by atoms with Crippen molar-refractivity contribution in [3.63, 3.8) is 0 Å². The summed E-state index contributed by atoms with van der Waals surface area (Å²) in [6.45, 7) is 19.6. The Balaban J connectivity index is 2.66. The summed E-state index contributed by atoms with van der Waals surface area (Å²) in [7, 11) is -3.44. The van der Waals surface area contributed by atoms with E-state index in [0.717, 1.165) is 18.0 Å². The van der Waals surface area contributed by atoms with Crippen LogP contribution in [0.5, 0.6) is 0 Å². The minimum absolute atomic E-state index is 0.0530. The maximum Gasteiger partial charge on any atom is 0.236 e. The Kier molecular flexibility index (Phi) is 6.58. The van der Waals surface area contributed by atoms with Crippen LogP contribution >= 0.6 is 0 Å². The van der Waals surface area contributed by atoms with E-state index < -0.39 is 16.6 Å². The molecule has 4 nitrogen and oxygen atoms in total. The summed E-state index contributed by atoms with van der Waals surface area (Å²) < 4.78 is 6.29. The van der Waals surface area contributed by atoms with E-state index in [2.05, 4.69) is 53.2 Å². The van der Waals surface area contributed by atoms with Crippen molar-refractivity contribution < 1.29 is 13.7 Å². The van der Waals surface area contributed by atoms with Gasteiger partial charge in [0.1, 0.15) is 0 Å². The summed E-state index contributed by atoms with van der Waals surface area (Å²) >= 11 is 0. The van der Waals surface area contributed by atoms with Gasteiger partial charge >= 0.3 is 0 Å². The molecule has 1 unspecified atom stereocenters. The second-order valence-electron chi connectivity index (χ2n) is 8.62. The zero-order valence-electron chi connectivity index (χ0n) is 15.9. The van der Waals surface area contributed by atoms with Crippen molar-refractivity contribution in [3.8, 4) is 0 Å². The second-order valence-corrected chi connectivity index (χ2v) is 17.7. The highest BCUT2D eigenvalue weighted by Crippen LogP contribution is 2.30. The number of hydrogen-bond donors (Lipinski definition) is 0. The van der Waals surface area contributed by atoms with E-state index in [1.807, 2.05) is 0 Å². The van der Waals surface area contributed by atoms with Gasteiger partial charge in [0.15, 0.2) is 16.6 Å². The topological polar surface area (TPSA) is 46.6 Å². The summed E-state index contributed by atoms with van der Waals surface area (Å²) in [5.74, 6) is 0.0321. The molecule has 0 spiro atoms. The molecule has 132 valence electrons. The Hall–Kier alpha value is -0.726. The maximum absolute atomic E-state index is 12.6. The first-order chi connectivity index (χ1) is 10.3. The monoisotopic (exact) mass is 355 g/mol. The van der Waals surface area contributed by atoms with Crippen molar-refractivity contribution >= 4 is 28.4 Å². The average molecular weight is 356 g/mol. The van der Waals surface area contributed by atoms with Crippen LogP contribution in [0.1, 0.15) is 26.7 Å². The first-order valence-corrected chi connectivity index (χ1v) is 15.1. The lowest BCUT2D eigenvalue weighted by atomic mass is 9.92. The fourth-order valence-corrected chi connectivity index (χ4v) is 11.0. The first-order valence-electron chi connectivity index (χ1n) is 8.54. The number of carbonyl (C=O) groups is 2. The van der Waals surface area contributed by atoms with Crippen molar-refractivity contribution in [1.82, 2.24) is 4.90 Å². The molecule has 0 bridgehead atoms. The van der Waals surface area contributed by atoms with Gasteiger partial charge in [0.05, 0.1) is 5.92 Å². The molecule has 1 saturated heterocycles. The summed E-state index contributed by atoms with van der Waals surface area (Å²) in [5, 5.41) is 0. The molecule has 0 aliphatic carbocycles. The third-order valence-electron chi connectivity index (χ3n) is 3.93. The van der Waals surface area contributed by atoms with E-state index in [1.54, 1.807) is 0 Å². The predicted octanol–water partition coefficient (Wildman–Crippen LogP) is 4.02. The van der Waals surface area contributed by atoms with Crippen molar-refractivity contribution in [2.75, 3.05) is 6.54 Å². The van der Waals surface area contributed by atoms with Crippen LogP contribution in [0.3, 0.4) is 0 Å². The van der Waals surface area contributed by atoms with Gasteiger partial charge in [-0.15, -0.1) is 0 Å². The van der Waals surface area contributed by atoms with E-state index in [0.29, 0.717) is 18.9 Å². The Morgan fingerprint density at radius 1 is 1.26 bits per heavy atom. The number of hydrogen-bond acceptors (Lipinski definition) is 3. The molecular formula is C17H33NO3Si2. The number of nitrogens with zero attached hydrogens (tertiary/aromatic N) is 1. The summed E-state index contributed by atoms with van der Waals surface area (Å²) in [6.07, 6.45) is 1.09. The van der Waals surface area contributed by atoms with E-state index in [-0.39, 0.29) is 17.7 Å². The van der Waals surface area contributed by atoms with Crippen LogP contribution in [0.2, 0.25) is 38.8 Å². The molecule has 23 heavy (non-hydrogen) atoms. The van der Waals surface area contributed by atoms with E-state index in [9.17, 15) is 9.59 Å². The molecule has 1 aliphatic heterocycles. The van der Waals surface area contributed by atoms with Crippen LogP contribution in [0.15, 0.2) is 12.2 Å². The van der Waals surface area contributed by atoms with E-state index >= 15 is 0 Å². The number of rotatable bonds is 8. The molecule has 1 heterocycles. The van der Waals surface area contributed by atoms with Gasteiger partial charge in [-0.3, -0.25) is 14.5 Å². The fraction of sp³-hybridized carbons (Fsp3) is 0.765. The molecule has 0 aromatic rings. The van der Waals surface area contributed by atoms with Crippen LogP contribution < -0.4 is 0 Å². The normalized spacial score (nSPS) is 19.8. The van der Waals surface area contributed by atoms with Gasteiger partial charge in [-0.1, -0.05) is 26.0 Å². The molecule has 0 N–H and O–H groups in total. The quantitative estimate of drug-likeness (QED) is 0.375. The van der Waals surface area contributed by atoms with E-state index in [1.165, 1.54) is 4.90 Å². The van der Waals surface area contributed by atoms with Gasteiger partial charge in [0.25, 0.3) is 0 Å². The molecular weight excluding hydrogens is 322 g/mol. The van der Waals surface area contributed by atoms with Crippen LogP contribution in [0.4, 0.5) is 0 Å². The van der Waals surface area contributed by atoms with Gasteiger partial charge in [0, 0.05) is 13.0 Å². The fourth-order valence-electron chi connectivity index (χ4n) is 3.16.